The molecule has 0 spiro atoms. The molecular weight excluding hydrogens is 362 g/mol. The highest BCUT2D eigenvalue weighted by atomic mass is 32.2. The highest BCUT2D eigenvalue weighted by molar-refractivity contribution is 7.93. The van der Waals surface area contributed by atoms with Gasteiger partial charge in [0.05, 0.1) is 4.91 Å². The van der Waals surface area contributed by atoms with Gasteiger partial charge < -0.3 is 4.74 Å². The molecule has 0 bridgehead atoms. The number of hydrogen-bond donors (Lipinski definition) is 1. The standard InChI is InChI=1S/C18H24F2N2O3S/c1-12(2)22-8-7-15(11-22)21-26(23,24)17-6-4-13-9-16(25-18(19)20)5-3-14(13)10-17/h3,5,9-10,12,15,18,21H,4,6-8,11H2,1-2H3/t15-/m1/s1. The van der Waals surface area contributed by atoms with Gasteiger partial charge in [-0.05, 0) is 62.4 Å². The van der Waals surface area contributed by atoms with E-state index in [4.69, 9.17) is 0 Å². The first-order chi connectivity index (χ1) is 12.2. The third-order valence-electron chi connectivity index (χ3n) is 4.91. The number of sulfonamides is 1. The van der Waals surface area contributed by atoms with Crippen LogP contribution >= 0.6 is 0 Å². The first-order valence-electron chi connectivity index (χ1n) is 8.79. The maximum atomic E-state index is 12.7. The Balaban J connectivity index is 1.72. The topological polar surface area (TPSA) is 58.6 Å². The first-order valence-corrected chi connectivity index (χ1v) is 10.3. The molecule has 1 atom stereocenters. The average molecular weight is 386 g/mol. The molecule has 0 saturated carbocycles. The lowest BCUT2D eigenvalue weighted by molar-refractivity contribution is -0.0498. The molecule has 26 heavy (non-hydrogen) atoms. The minimum atomic E-state index is -3.55. The maximum Gasteiger partial charge on any atom is 0.387 e. The van der Waals surface area contributed by atoms with E-state index in [1.54, 1.807) is 18.2 Å². The molecule has 2 aliphatic rings. The van der Waals surface area contributed by atoms with Crippen LogP contribution < -0.4 is 9.46 Å². The number of hydrogen-bond acceptors (Lipinski definition) is 4. The van der Waals surface area contributed by atoms with Gasteiger partial charge in [0, 0.05) is 25.2 Å². The van der Waals surface area contributed by atoms with Crippen LogP contribution in [0.2, 0.25) is 0 Å². The Morgan fingerprint density at radius 3 is 2.69 bits per heavy atom. The van der Waals surface area contributed by atoms with Gasteiger partial charge in [0.1, 0.15) is 5.75 Å². The number of allylic oxidation sites excluding steroid dienone is 1. The quantitative estimate of drug-likeness (QED) is 0.817. The Morgan fingerprint density at radius 1 is 1.27 bits per heavy atom. The third kappa shape index (κ3) is 4.42. The number of ether oxygens (including phenoxy) is 1. The van der Waals surface area contributed by atoms with E-state index in [-0.39, 0.29) is 11.8 Å². The van der Waals surface area contributed by atoms with Crippen molar-refractivity contribution in [2.75, 3.05) is 13.1 Å². The lowest BCUT2D eigenvalue weighted by atomic mass is 9.97. The largest absolute Gasteiger partial charge is 0.435 e. The fourth-order valence-corrected chi connectivity index (χ4v) is 4.91. The maximum absolute atomic E-state index is 12.7. The average Bonchev–Trinajstić information content (AvgIpc) is 3.01. The van der Waals surface area contributed by atoms with Crippen LogP contribution in [0.5, 0.6) is 5.75 Å². The lowest BCUT2D eigenvalue weighted by Gasteiger charge is -2.22. The zero-order chi connectivity index (χ0) is 18.9. The van der Waals surface area contributed by atoms with Gasteiger partial charge in [0.15, 0.2) is 0 Å². The van der Waals surface area contributed by atoms with E-state index in [1.165, 1.54) is 6.07 Å². The van der Waals surface area contributed by atoms with Gasteiger partial charge in [0.25, 0.3) is 0 Å². The van der Waals surface area contributed by atoms with Gasteiger partial charge in [0.2, 0.25) is 10.0 Å². The number of rotatable bonds is 6. The summed E-state index contributed by atoms with van der Waals surface area (Å²) >= 11 is 0. The molecule has 3 rings (SSSR count). The second-order valence-corrected chi connectivity index (χ2v) is 8.81. The SMILES string of the molecule is CC(C)N1CC[C@@H](NS(=O)(=O)C2=Cc3ccc(OC(F)F)cc3CC2)C1. The Labute approximate surface area is 153 Å². The molecule has 1 N–H and O–H groups in total. The number of nitrogens with one attached hydrogen (secondary N) is 1. The van der Waals surface area contributed by atoms with Gasteiger partial charge in [-0.1, -0.05) is 6.07 Å². The molecule has 0 aromatic heterocycles. The Bertz CT molecular complexity index is 794. The number of benzene rings is 1. The molecule has 8 heteroatoms. The predicted octanol–water partition coefficient (Wildman–Crippen LogP) is 2.98. The molecule has 144 valence electrons. The summed E-state index contributed by atoms with van der Waals surface area (Å²) in [6.07, 6.45) is 3.25. The van der Waals surface area contributed by atoms with Crippen molar-refractivity contribution in [3.05, 3.63) is 34.2 Å². The van der Waals surface area contributed by atoms with Crippen LogP contribution in [0, 0.1) is 0 Å². The van der Waals surface area contributed by atoms with Crippen LogP contribution in [0.1, 0.15) is 37.8 Å². The van der Waals surface area contributed by atoms with Crippen molar-refractivity contribution in [1.82, 2.24) is 9.62 Å². The van der Waals surface area contributed by atoms with Gasteiger partial charge in [-0.3, -0.25) is 4.90 Å². The van der Waals surface area contributed by atoms with E-state index < -0.39 is 16.6 Å². The van der Waals surface area contributed by atoms with Gasteiger partial charge in [-0.2, -0.15) is 8.78 Å². The summed E-state index contributed by atoms with van der Waals surface area (Å²) in [5.74, 6) is 0.0938. The van der Waals surface area contributed by atoms with Gasteiger partial charge in [-0.25, -0.2) is 13.1 Å². The summed E-state index contributed by atoms with van der Waals surface area (Å²) in [5.41, 5.74) is 1.54. The Hall–Kier alpha value is -1.51. The lowest BCUT2D eigenvalue weighted by Crippen LogP contribution is -2.39. The highest BCUT2D eigenvalue weighted by Crippen LogP contribution is 2.30. The fourth-order valence-electron chi connectivity index (χ4n) is 3.48. The van der Waals surface area contributed by atoms with Crippen LogP contribution in [0.4, 0.5) is 8.78 Å². The summed E-state index contributed by atoms with van der Waals surface area (Å²) in [6.45, 7) is 2.94. The van der Waals surface area contributed by atoms with Crippen LogP contribution in [0.25, 0.3) is 6.08 Å². The highest BCUT2D eigenvalue weighted by Gasteiger charge is 2.30. The molecule has 1 aliphatic carbocycles. The molecule has 0 amide bonds. The normalized spacial score (nSPS) is 21.2. The summed E-state index contributed by atoms with van der Waals surface area (Å²) in [6, 6.07) is 4.92. The molecule has 1 saturated heterocycles. The summed E-state index contributed by atoms with van der Waals surface area (Å²) in [7, 11) is -3.55. The number of likely N-dealkylation sites (tertiary alicyclic amines) is 1. The summed E-state index contributed by atoms with van der Waals surface area (Å²) in [5, 5.41) is 0. The smallest absolute Gasteiger partial charge is 0.387 e. The zero-order valence-electron chi connectivity index (χ0n) is 14.9. The third-order valence-corrected chi connectivity index (χ3v) is 6.57. The Kier molecular flexibility index (Phi) is 5.64. The molecule has 1 aromatic rings. The van der Waals surface area contributed by atoms with E-state index in [1.807, 2.05) is 0 Å². The summed E-state index contributed by atoms with van der Waals surface area (Å²) in [4.78, 5) is 2.60. The fraction of sp³-hybridized carbons (Fsp3) is 0.556. The van der Waals surface area contributed by atoms with Gasteiger partial charge >= 0.3 is 6.61 Å². The monoisotopic (exact) mass is 386 g/mol. The predicted molar refractivity (Wildman–Crippen MR) is 96.5 cm³/mol. The van der Waals surface area contributed by atoms with E-state index in [0.29, 0.717) is 23.8 Å². The zero-order valence-corrected chi connectivity index (χ0v) is 15.7. The molecule has 0 radical (unpaired) electrons. The summed E-state index contributed by atoms with van der Waals surface area (Å²) < 4.78 is 57.3. The second kappa shape index (κ2) is 7.62. The van der Waals surface area contributed by atoms with Crippen molar-refractivity contribution in [1.29, 1.82) is 0 Å². The van der Waals surface area contributed by atoms with Crippen molar-refractivity contribution in [3.63, 3.8) is 0 Å². The molecule has 1 fully saturated rings. The van der Waals surface area contributed by atoms with Crippen LogP contribution in [0.3, 0.4) is 0 Å². The first kappa shape index (κ1) is 19.3. The molecular formula is C18H24F2N2O3S. The molecule has 0 unspecified atom stereocenters. The Morgan fingerprint density at radius 2 is 2.04 bits per heavy atom. The van der Waals surface area contributed by atoms with Gasteiger partial charge in [-0.15, -0.1) is 0 Å². The minimum absolute atomic E-state index is 0.0773. The molecule has 1 aromatic carbocycles. The van der Waals surface area contributed by atoms with Crippen LogP contribution in [-0.4, -0.2) is 45.1 Å². The number of aryl methyl sites for hydroxylation is 1. The van der Waals surface area contributed by atoms with Crippen LogP contribution in [0.15, 0.2) is 23.1 Å². The molecule has 1 heterocycles. The van der Waals surface area contributed by atoms with Crippen molar-refractivity contribution in [2.45, 2.75) is 51.8 Å². The number of fused-ring (bicyclic) bond motifs is 1. The molecule has 5 nitrogen and oxygen atoms in total. The van der Waals surface area contributed by atoms with Crippen molar-refractivity contribution >= 4 is 16.1 Å². The number of halogens is 2. The van der Waals surface area contributed by atoms with Crippen molar-refractivity contribution in [3.8, 4) is 5.75 Å². The van der Waals surface area contributed by atoms with E-state index in [0.717, 1.165) is 30.6 Å². The number of nitrogens with zero attached hydrogens (tertiary/aromatic N) is 1. The second-order valence-electron chi connectivity index (χ2n) is 7.05. The minimum Gasteiger partial charge on any atom is -0.435 e. The van der Waals surface area contributed by atoms with Crippen molar-refractivity contribution in [2.24, 2.45) is 0 Å². The van der Waals surface area contributed by atoms with E-state index >= 15 is 0 Å². The van der Waals surface area contributed by atoms with E-state index in [2.05, 4.69) is 28.2 Å². The van der Waals surface area contributed by atoms with E-state index in [9.17, 15) is 17.2 Å². The molecule has 1 aliphatic heterocycles. The van der Waals surface area contributed by atoms with Crippen molar-refractivity contribution < 1.29 is 21.9 Å². The number of alkyl halides is 2. The van der Waals surface area contributed by atoms with Crippen LogP contribution in [-0.2, 0) is 16.4 Å².